The van der Waals surface area contributed by atoms with E-state index in [0.717, 1.165) is 5.56 Å². The molecule has 2 N–H and O–H groups in total. The Morgan fingerprint density at radius 3 is 2.61 bits per heavy atom. The molecule has 10 heteroatoms. The van der Waals surface area contributed by atoms with E-state index in [1.807, 2.05) is 26.0 Å². The Labute approximate surface area is 183 Å². The van der Waals surface area contributed by atoms with Gasteiger partial charge in [0.15, 0.2) is 15.7 Å². The SMILES string of the molecule is CCNC(=O)Nc1ccc(-c2nc(CS(=O)(=O)CC)cc(N3CCOC[C@@H]3C)n2)cc1. The first-order valence-corrected chi connectivity index (χ1v) is 12.2. The van der Waals surface area contributed by atoms with Crippen molar-refractivity contribution in [1.82, 2.24) is 15.3 Å². The Kier molecular flexibility index (Phi) is 7.45. The zero-order chi connectivity index (χ0) is 22.4. The lowest BCUT2D eigenvalue weighted by Crippen LogP contribution is -2.44. The van der Waals surface area contributed by atoms with E-state index in [1.165, 1.54) is 0 Å². The van der Waals surface area contributed by atoms with Crippen LogP contribution in [0.1, 0.15) is 26.5 Å². The van der Waals surface area contributed by atoms with Crippen LogP contribution in [0.3, 0.4) is 0 Å². The number of rotatable bonds is 7. The van der Waals surface area contributed by atoms with Crippen LogP contribution in [0.5, 0.6) is 0 Å². The van der Waals surface area contributed by atoms with Crippen molar-refractivity contribution in [3.8, 4) is 11.4 Å². The number of carbonyl (C=O) groups is 1. The number of nitrogens with one attached hydrogen (secondary N) is 2. The van der Waals surface area contributed by atoms with Gasteiger partial charge in [0.05, 0.1) is 30.7 Å². The Hall–Kier alpha value is -2.72. The summed E-state index contributed by atoms with van der Waals surface area (Å²) in [5.74, 6) is 1.05. The van der Waals surface area contributed by atoms with E-state index >= 15 is 0 Å². The molecule has 0 spiro atoms. The number of aromatic nitrogens is 2. The number of amides is 2. The standard InChI is InChI=1S/C21H29N5O4S/c1-4-22-21(27)24-17-8-6-16(7-9-17)20-23-18(14-31(28,29)5-2)12-19(25-20)26-10-11-30-13-15(26)3/h6-9,12,15H,4-5,10-11,13-14H2,1-3H3,(H2,22,24,27)/t15-/m0/s1. The maximum atomic E-state index is 12.2. The van der Waals surface area contributed by atoms with Crippen LogP contribution in [0.4, 0.5) is 16.3 Å². The summed E-state index contributed by atoms with van der Waals surface area (Å²) in [4.78, 5) is 23.1. The van der Waals surface area contributed by atoms with Crippen LogP contribution in [0.2, 0.25) is 0 Å². The van der Waals surface area contributed by atoms with Gasteiger partial charge in [0.25, 0.3) is 0 Å². The molecular formula is C21H29N5O4S. The molecule has 1 aliphatic rings. The molecule has 0 bridgehead atoms. The minimum Gasteiger partial charge on any atom is -0.377 e. The normalized spacial score (nSPS) is 16.7. The molecule has 31 heavy (non-hydrogen) atoms. The Morgan fingerprint density at radius 2 is 1.97 bits per heavy atom. The maximum Gasteiger partial charge on any atom is 0.319 e. The van der Waals surface area contributed by atoms with Gasteiger partial charge < -0.3 is 20.3 Å². The smallest absolute Gasteiger partial charge is 0.319 e. The first kappa shape index (κ1) is 23.0. The van der Waals surface area contributed by atoms with E-state index in [9.17, 15) is 13.2 Å². The molecule has 2 aromatic rings. The number of ether oxygens (including phenoxy) is 1. The second kappa shape index (κ2) is 10.1. The molecular weight excluding hydrogens is 418 g/mol. The molecule has 2 amide bonds. The molecule has 0 radical (unpaired) electrons. The third kappa shape index (κ3) is 6.14. The van der Waals surface area contributed by atoms with Gasteiger partial charge in [0, 0.05) is 36.2 Å². The van der Waals surface area contributed by atoms with Crippen LogP contribution in [-0.2, 0) is 20.3 Å². The van der Waals surface area contributed by atoms with Crippen molar-refractivity contribution in [2.45, 2.75) is 32.6 Å². The average molecular weight is 448 g/mol. The van der Waals surface area contributed by atoms with Crippen molar-refractivity contribution in [2.75, 3.05) is 42.3 Å². The highest BCUT2D eigenvalue weighted by Crippen LogP contribution is 2.25. The van der Waals surface area contributed by atoms with Crippen LogP contribution in [-0.4, -0.2) is 62.5 Å². The molecule has 9 nitrogen and oxygen atoms in total. The number of urea groups is 1. The van der Waals surface area contributed by atoms with Gasteiger partial charge in [-0.25, -0.2) is 23.2 Å². The number of morpholine rings is 1. The largest absolute Gasteiger partial charge is 0.377 e. The molecule has 168 valence electrons. The average Bonchev–Trinajstić information content (AvgIpc) is 2.74. The summed E-state index contributed by atoms with van der Waals surface area (Å²) in [5, 5.41) is 5.42. The fraction of sp³-hybridized carbons (Fsp3) is 0.476. The number of nitrogens with zero attached hydrogens (tertiary/aromatic N) is 3. The van der Waals surface area contributed by atoms with Crippen LogP contribution >= 0.6 is 0 Å². The maximum absolute atomic E-state index is 12.2. The van der Waals surface area contributed by atoms with E-state index in [1.54, 1.807) is 25.1 Å². The van der Waals surface area contributed by atoms with E-state index in [2.05, 4.69) is 20.5 Å². The van der Waals surface area contributed by atoms with Crippen LogP contribution in [0, 0.1) is 0 Å². The van der Waals surface area contributed by atoms with Gasteiger partial charge in [0.2, 0.25) is 0 Å². The monoisotopic (exact) mass is 447 g/mol. The fourth-order valence-corrected chi connectivity index (χ4v) is 4.07. The molecule has 0 aliphatic carbocycles. The Balaban J connectivity index is 1.94. The topological polar surface area (TPSA) is 114 Å². The number of hydrogen-bond donors (Lipinski definition) is 2. The van der Waals surface area contributed by atoms with E-state index < -0.39 is 9.84 Å². The van der Waals surface area contributed by atoms with Crippen LogP contribution < -0.4 is 15.5 Å². The molecule has 0 saturated carbocycles. The quantitative estimate of drug-likeness (QED) is 0.670. The van der Waals surface area contributed by atoms with E-state index in [0.29, 0.717) is 49.3 Å². The Morgan fingerprint density at radius 1 is 1.23 bits per heavy atom. The number of carbonyl (C=O) groups excluding carboxylic acids is 1. The summed E-state index contributed by atoms with van der Waals surface area (Å²) in [6.45, 7) is 7.90. The number of anilines is 2. The molecule has 3 rings (SSSR count). The zero-order valence-corrected chi connectivity index (χ0v) is 18.9. The minimum absolute atomic E-state index is 0.0514. The van der Waals surface area contributed by atoms with Crippen LogP contribution in [0.25, 0.3) is 11.4 Å². The van der Waals surface area contributed by atoms with Gasteiger partial charge in [-0.05, 0) is 38.1 Å². The Bertz CT molecular complexity index is 1010. The molecule has 1 fully saturated rings. The van der Waals surface area contributed by atoms with Crippen molar-refractivity contribution in [1.29, 1.82) is 0 Å². The van der Waals surface area contributed by atoms with Crippen molar-refractivity contribution in [3.05, 3.63) is 36.0 Å². The van der Waals surface area contributed by atoms with Crippen LogP contribution in [0.15, 0.2) is 30.3 Å². The van der Waals surface area contributed by atoms with Gasteiger partial charge in [-0.1, -0.05) is 6.92 Å². The third-order valence-corrected chi connectivity index (χ3v) is 6.59. The lowest BCUT2D eigenvalue weighted by atomic mass is 10.2. The van der Waals surface area contributed by atoms with Crippen molar-refractivity contribution < 1.29 is 17.9 Å². The number of benzene rings is 1. The molecule has 1 aromatic carbocycles. The minimum atomic E-state index is -3.25. The van der Waals surface area contributed by atoms with Crippen molar-refractivity contribution >= 4 is 27.4 Å². The number of sulfone groups is 1. The molecule has 0 unspecified atom stereocenters. The fourth-order valence-electron chi connectivity index (χ4n) is 3.27. The van der Waals surface area contributed by atoms with E-state index in [-0.39, 0.29) is 23.6 Å². The summed E-state index contributed by atoms with van der Waals surface area (Å²) in [6, 6.07) is 8.74. The summed E-state index contributed by atoms with van der Waals surface area (Å²) in [6.07, 6.45) is 0. The van der Waals surface area contributed by atoms with Gasteiger partial charge in [0.1, 0.15) is 5.82 Å². The highest BCUT2D eigenvalue weighted by molar-refractivity contribution is 7.90. The summed E-state index contributed by atoms with van der Waals surface area (Å²) >= 11 is 0. The highest BCUT2D eigenvalue weighted by Gasteiger charge is 2.23. The van der Waals surface area contributed by atoms with Gasteiger partial charge in [-0.15, -0.1) is 0 Å². The van der Waals surface area contributed by atoms with E-state index in [4.69, 9.17) is 9.72 Å². The molecule has 1 atom stereocenters. The first-order valence-electron chi connectivity index (χ1n) is 10.4. The second-order valence-corrected chi connectivity index (χ2v) is 9.75. The van der Waals surface area contributed by atoms with Crippen molar-refractivity contribution in [3.63, 3.8) is 0 Å². The molecule has 1 aliphatic heterocycles. The van der Waals surface area contributed by atoms with Crippen molar-refractivity contribution in [2.24, 2.45) is 0 Å². The third-order valence-electron chi connectivity index (χ3n) is 4.97. The predicted molar refractivity (Wildman–Crippen MR) is 121 cm³/mol. The predicted octanol–water partition coefficient (Wildman–Crippen LogP) is 2.44. The second-order valence-electron chi connectivity index (χ2n) is 7.40. The molecule has 2 heterocycles. The lowest BCUT2D eigenvalue weighted by molar-refractivity contribution is 0.0985. The lowest BCUT2D eigenvalue weighted by Gasteiger charge is -2.34. The summed E-state index contributed by atoms with van der Waals surface area (Å²) < 4.78 is 30.0. The highest BCUT2D eigenvalue weighted by atomic mass is 32.2. The molecule has 1 aromatic heterocycles. The molecule has 1 saturated heterocycles. The van der Waals surface area contributed by atoms with Gasteiger partial charge in [-0.2, -0.15) is 0 Å². The summed E-state index contributed by atoms with van der Waals surface area (Å²) in [5.41, 5.74) is 1.84. The first-order chi connectivity index (χ1) is 14.8. The zero-order valence-electron chi connectivity index (χ0n) is 18.1. The summed E-state index contributed by atoms with van der Waals surface area (Å²) in [7, 11) is -3.25. The number of hydrogen-bond acceptors (Lipinski definition) is 7. The van der Waals surface area contributed by atoms with Gasteiger partial charge >= 0.3 is 6.03 Å². The van der Waals surface area contributed by atoms with Gasteiger partial charge in [-0.3, -0.25) is 0 Å².